The number of aliphatic carboxylic acids is 1. The maximum Gasteiger partial charge on any atom is 0.408 e. The number of carboxylic acids is 1. The highest BCUT2D eigenvalue weighted by atomic mass is 16.5. The summed E-state index contributed by atoms with van der Waals surface area (Å²) >= 11 is 0. The van der Waals surface area contributed by atoms with Gasteiger partial charge in [0.25, 0.3) is 0 Å². The molecule has 2 aromatic rings. The van der Waals surface area contributed by atoms with Gasteiger partial charge < -0.3 is 24.6 Å². The summed E-state index contributed by atoms with van der Waals surface area (Å²) in [7, 11) is 3.08. The Hall–Kier alpha value is -3.22. The van der Waals surface area contributed by atoms with Crippen LogP contribution in [0.4, 0.5) is 4.79 Å². The molecule has 27 heavy (non-hydrogen) atoms. The van der Waals surface area contributed by atoms with Crippen molar-refractivity contribution in [1.82, 2.24) is 5.32 Å². The van der Waals surface area contributed by atoms with E-state index in [9.17, 15) is 14.7 Å². The van der Waals surface area contributed by atoms with E-state index >= 15 is 0 Å². The van der Waals surface area contributed by atoms with Gasteiger partial charge in [0, 0.05) is 0 Å². The number of carboxylic acid groups (broad SMARTS) is 1. The number of amides is 1. The second-order valence-corrected chi connectivity index (χ2v) is 5.82. The first-order valence-electron chi connectivity index (χ1n) is 8.44. The molecule has 7 nitrogen and oxygen atoms in total. The van der Waals surface area contributed by atoms with Crippen molar-refractivity contribution in [3.05, 3.63) is 59.7 Å². The Morgan fingerprint density at radius 1 is 1.00 bits per heavy atom. The Bertz CT molecular complexity index is 762. The molecule has 0 aromatic heterocycles. The molecule has 0 unspecified atom stereocenters. The fourth-order valence-corrected chi connectivity index (χ4v) is 2.51. The van der Waals surface area contributed by atoms with Crippen LogP contribution >= 0.6 is 0 Å². The van der Waals surface area contributed by atoms with E-state index in [2.05, 4.69) is 5.32 Å². The van der Waals surface area contributed by atoms with Crippen molar-refractivity contribution in [2.75, 3.05) is 14.2 Å². The molecule has 144 valence electrons. The number of carbonyl (C=O) groups is 2. The SMILES string of the molecule is COc1ccc(CC[C@@H](NC(=O)OCc2ccccc2)C(=O)O)cc1OC. The van der Waals surface area contributed by atoms with Crippen LogP contribution in [0.5, 0.6) is 11.5 Å². The molecule has 0 bridgehead atoms. The molecule has 0 aliphatic heterocycles. The molecule has 0 aliphatic rings. The Kier molecular flexibility index (Phi) is 7.49. The molecule has 2 rings (SSSR count). The van der Waals surface area contributed by atoms with Gasteiger partial charge in [-0.3, -0.25) is 0 Å². The lowest BCUT2D eigenvalue weighted by molar-refractivity contribution is -0.139. The van der Waals surface area contributed by atoms with E-state index < -0.39 is 18.1 Å². The Balaban J connectivity index is 1.89. The fourth-order valence-electron chi connectivity index (χ4n) is 2.51. The van der Waals surface area contributed by atoms with Gasteiger partial charge in [0.05, 0.1) is 14.2 Å². The van der Waals surface area contributed by atoms with Crippen LogP contribution in [0.15, 0.2) is 48.5 Å². The quantitative estimate of drug-likeness (QED) is 0.702. The van der Waals surface area contributed by atoms with Crippen molar-refractivity contribution in [2.24, 2.45) is 0 Å². The molecule has 2 aromatic carbocycles. The lowest BCUT2D eigenvalue weighted by Crippen LogP contribution is -2.41. The molecular weight excluding hydrogens is 350 g/mol. The van der Waals surface area contributed by atoms with Crippen LogP contribution < -0.4 is 14.8 Å². The minimum Gasteiger partial charge on any atom is -0.493 e. The number of rotatable bonds is 9. The molecule has 0 fully saturated rings. The van der Waals surface area contributed by atoms with Crippen molar-refractivity contribution in [3.8, 4) is 11.5 Å². The minimum atomic E-state index is -1.12. The van der Waals surface area contributed by atoms with E-state index in [1.165, 1.54) is 7.11 Å². The molecule has 0 saturated carbocycles. The van der Waals surface area contributed by atoms with Crippen LogP contribution in [0.1, 0.15) is 17.5 Å². The van der Waals surface area contributed by atoms with Crippen LogP contribution in [0.2, 0.25) is 0 Å². The van der Waals surface area contributed by atoms with Crippen LogP contribution in [-0.4, -0.2) is 37.4 Å². The van der Waals surface area contributed by atoms with Crippen molar-refractivity contribution in [2.45, 2.75) is 25.5 Å². The van der Waals surface area contributed by atoms with Gasteiger partial charge in [-0.15, -0.1) is 0 Å². The number of hydrogen-bond donors (Lipinski definition) is 2. The van der Waals surface area contributed by atoms with Gasteiger partial charge in [0.2, 0.25) is 0 Å². The van der Waals surface area contributed by atoms with Crippen molar-refractivity contribution >= 4 is 12.1 Å². The van der Waals surface area contributed by atoms with Crippen LogP contribution in [0.3, 0.4) is 0 Å². The number of methoxy groups -OCH3 is 2. The summed E-state index contributed by atoms with van der Waals surface area (Å²) in [5.41, 5.74) is 1.70. The summed E-state index contributed by atoms with van der Waals surface area (Å²) in [5.74, 6) is 0.0443. The van der Waals surface area contributed by atoms with Gasteiger partial charge in [-0.05, 0) is 36.1 Å². The Labute approximate surface area is 157 Å². The molecular formula is C20H23NO6. The molecule has 2 N–H and O–H groups in total. The maximum atomic E-state index is 11.9. The lowest BCUT2D eigenvalue weighted by atomic mass is 10.0. The zero-order chi connectivity index (χ0) is 19.6. The topological polar surface area (TPSA) is 94.1 Å². The van der Waals surface area contributed by atoms with Crippen LogP contribution in [0, 0.1) is 0 Å². The molecule has 0 aliphatic carbocycles. The second-order valence-electron chi connectivity index (χ2n) is 5.82. The number of alkyl carbamates (subject to hydrolysis) is 1. The number of hydrogen-bond acceptors (Lipinski definition) is 5. The summed E-state index contributed by atoms with van der Waals surface area (Å²) in [6.45, 7) is 0.0781. The monoisotopic (exact) mass is 373 g/mol. The third kappa shape index (κ3) is 6.22. The van der Waals surface area contributed by atoms with Crippen molar-refractivity contribution in [3.63, 3.8) is 0 Å². The van der Waals surface area contributed by atoms with Gasteiger partial charge in [-0.2, -0.15) is 0 Å². The number of carbonyl (C=O) groups excluding carboxylic acids is 1. The van der Waals surface area contributed by atoms with Crippen molar-refractivity contribution < 1.29 is 28.9 Å². The number of nitrogens with one attached hydrogen (secondary N) is 1. The second kappa shape index (κ2) is 10.1. The molecule has 0 spiro atoms. The van der Waals surface area contributed by atoms with E-state index in [0.29, 0.717) is 17.9 Å². The highest BCUT2D eigenvalue weighted by Gasteiger charge is 2.21. The molecule has 1 atom stereocenters. The summed E-state index contributed by atoms with van der Waals surface area (Å²) in [6, 6.07) is 13.5. The average Bonchev–Trinajstić information content (AvgIpc) is 2.69. The zero-order valence-electron chi connectivity index (χ0n) is 15.3. The molecule has 0 radical (unpaired) electrons. The molecule has 0 heterocycles. The van der Waals surface area contributed by atoms with Gasteiger partial charge >= 0.3 is 12.1 Å². The Morgan fingerprint density at radius 2 is 1.70 bits per heavy atom. The fraction of sp³-hybridized carbons (Fsp3) is 0.300. The molecule has 1 amide bonds. The van der Waals surface area contributed by atoms with Gasteiger partial charge in [0.1, 0.15) is 12.6 Å². The first-order valence-corrected chi connectivity index (χ1v) is 8.44. The highest BCUT2D eigenvalue weighted by molar-refractivity contribution is 5.79. The zero-order valence-corrected chi connectivity index (χ0v) is 15.3. The first-order chi connectivity index (χ1) is 13.0. The third-order valence-electron chi connectivity index (χ3n) is 3.97. The van der Waals surface area contributed by atoms with Gasteiger partial charge in [-0.1, -0.05) is 36.4 Å². The maximum absolute atomic E-state index is 11.9. The van der Waals surface area contributed by atoms with Crippen LogP contribution in [0.25, 0.3) is 0 Å². The van der Waals surface area contributed by atoms with E-state index in [1.807, 2.05) is 36.4 Å². The summed E-state index contributed by atoms with van der Waals surface area (Å²) in [5, 5.41) is 11.7. The summed E-state index contributed by atoms with van der Waals surface area (Å²) in [6.07, 6.45) is -0.111. The van der Waals surface area contributed by atoms with E-state index in [4.69, 9.17) is 14.2 Å². The van der Waals surface area contributed by atoms with E-state index in [-0.39, 0.29) is 13.0 Å². The van der Waals surface area contributed by atoms with Crippen LogP contribution in [-0.2, 0) is 22.6 Å². The van der Waals surface area contributed by atoms with E-state index in [0.717, 1.165) is 11.1 Å². The molecule has 0 saturated heterocycles. The first kappa shape index (κ1) is 20.1. The van der Waals surface area contributed by atoms with Gasteiger partial charge in [-0.25, -0.2) is 9.59 Å². The standard InChI is InChI=1S/C20H23NO6/c1-25-17-11-9-14(12-18(17)26-2)8-10-16(19(22)23)21-20(24)27-13-15-6-4-3-5-7-15/h3-7,9,11-12,16H,8,10,13H2,1-2H3,(H,21,24)(H,22,23)/t16-/m1/s1. The predicted octanol–water partition coefficient (Wildman–Crippen LogP) is 3.02. The lowest BCUT2D eigenvalue weighted by Gasteiger charge is -2.15. The van der Waals surface area contributed by atoms with E-state index in [1.54, 1.807) is 19.2 Å². The number of benzene rings is 2. The average molecular weight is 373 g/mol. The smallest absolute Gasteiger partial charge is 0.408 e. The molecule has 7 heteroatoms. The summed E-state index contributed by atoms with van der Waals surface area (Å²) in [4.78, 5) is 23.3. The largest absolute Gasteiger partial charge is 0.493 e. The van der Waals surface area contributed by atoms with Crippen molar-refractivity contribution in [1.29, 1.82) is 0 Å². The highest BCUT2D eigenvalue weighted by Crippen LogP contribution is 2.28. The number of aryl methyl sites for hydroxylation is 1. The summed E-state index contributed by atoms with van der Waals surface area (Å²) < 4.78 is 15.5. The minimum absolute atomic E-state index is 0.0781. The van der Waals surface area contributed by atoms with Gasteiger partial charge in [0.15, 0.2) is 11.5 Å². The number of ether oxygens (including phenoxy) is 3. The normalized spacial score (nSPS) is 11.3. The third-order valence-corrected chi connectivity index (χ3v) is 3.97. The predicted molar refractivity (Wildman–Crippen MR) is 99.1 cm³/mol. The Morgan fingerprint density at radius 3 is 2.33 bits per heavy atom.